The number of amides is 1. The molecule has 2 N–H and O–H groups in total. The van der Waals surface area contributed by atoms with Crippen LogP contribution in [0, 0.1) is 5.92 Å². The van der Waals surface area contributed by atoms with Crippen molar-refractivity contribution in [3.8, 4) is 0 Å². The molecular formula is C15H19ClN2O. The lowest BCUT2D eigenvalue weighted by Crippen LogP contribution is -2.43. The maximum Gasteiger partial charge on any atom is 0.226 e. The van der Waals surface area contributed by atoms with Crippen LogP contribution in [0.3, 0.4) is 0 Å². The molecule has 2 unspecified atom stereocenters. The smallest absolute Gasteiger partial charge is 0.226 e. The summed E-state index contributed by atoms with van der Waals surface area (Å²) in [5.41, 5.74) is 6.99. The number of benzene rings is 1. The predicted molar refractivity (Wildman–Crippen MR) is 76.1 cm³/mol. The monoisotopic (exact) mass is 278 g/mol. The van der Waals surface area contributed by atoms with E-state index in [0.717, 1.165) is 42.9 Å². The van der Waals surface area contributed by atoms with E-state index in [-0.39, 0.29) is 17.9 Å². The third-order valence-corrected chi connectivity index (χ3v) is 4.61. The van der Waals surface area contributed by atoms with E-state index in [2.05, 4.69) is 0 Å². The summed E-state index contributed by atoms with van der Waals surface area (Å²) in [7, 11) is 0. The van der Waals surface area contributed by atoms with Gasteiger partial charge in [0, 0.05) is 30.1 Å². The Hall–Kier alpha value is -1.06. The maximum atomic E-state index is 12.4. The van der Waals surface area contributed by atoms with Gasteiger partial charge in [-0.2, -0.15) is 0 Å². The van der Waals surface area contributed by atoms with Gasteiger partial charge < -0.3 is 10.6 Å². The zero-order chi connectivity index (χ0) is 13.4. The highest BCUT2D eigenvalue weighted by Crippen LogP contribution is 2.50. The number of halogens is 1. The average molecular weight is 279 g/mol. The van der Waals surface area contributed by atoms with Gasteiger partial charge in [-0.1, -0.05) is 29.8 Å². The Labute approximate surface area is 118 Å². The molecule has 102 valence electrons. The van der Waals surface area contributed by atoms with Gasteiger partial charge in [-0.25, -0.2) is 0 Å². The number of piperidine rings is 1. The highest BCUT2D eigenvalue weighted by Gasteiger charge is 2.46. The molecule has 1 saturated carbocycles. The second kappa shape index (κ2) is 5.14. The minimum absolute atomic E-state index is 0.134. The molecule has 2 aliphatic rings. The number of carbonyl (C=O) groups excluding carboxylic acids is 1. The SMILES string of the molecule is NC1CCN(C(=O)C2CC2c2ccccc2Cl)CC1. The van der Waals surface area contributed by atoms with E-state index in [0.29, 0.717) is 5.92 Å². The first-order chi connectivity index (χ1) is 9.16. The summed E-state index contributed by atoms with van der Waals surface area (Å²) in [6.07, 6.45) is 2.79. The van der Waals surface area contributed by atoms with Gasteiger partial charge in [-0.15, -0.1) is 0 Å². The lowest BCUT2D eigenvalue weighted by molar-refractivity contribution is -0.133. The molecule has 2 fully saturated rings. The van der Waals surface area contributed by atoms with E-state index >= 15 is 0 Å². The Morgan fingerprint density at radius 2 is 1.95 bits per heavy atom. The van der Waals surface area contributed by atoms with Gasteiger partial charge in [-0.05, 0) is 36.8 Å². The molecule has 1 aliphatic carbocycles. The summed E-state index contributed by atoms with van der Waals surface area (Å²) in [5, 5.41) is 0.781. The van der Waals surface area contributed by atoms with E-state index in [1.54, 1.807) is 0 Å². The topological polar surface area (TPSA) is 46.3 Å². The van der Waals surface area contributed by atoms with Crippen molar-refractivity contribution in [3.05, 3.63) is 34.9 Å². The number of nitrogens with two attached hydrogens (primary N) is 1. The summed E-state index contributed by atoms with van der Waals surface area (Å²) >= 11 is 6.19. The highest BCUT2D eigenvalue weighted by atomic mass is 35.5. The van der Waals surface area contributed by atoms with Crippen molar-refractivity contribution in [2.24, 2.45) is 11.7 Å². The van der Waals surface area contributed by atoms with Crippen molar-refractivity contribution in [1.29, 1.82) is 0 Å². The zero-order valence-corrected chi connectivity index (χ0v) is 11.6. The minimum atomic E-state index is 0.134. The Kier molecular flexibility index (Phi) is 3.50. The summed E-state index contributed by atoms with van der Waals surface area (Å²) in [6, 6.07) is 8.11. The van der Waals surface area contributed by atoms with E-state index in [1.165, 1.54) is 0 Å². The fourth-order valence-corrected chi connectivity index (χ4v) is 3.22. The lowest BCUT2D eigenvalue weighted by atomic mass is 10.0. The Morgan fingerprint density at radius 1 is 1.26 bits per heavy atom. The second-order valence-electron chi connectivity index (χ2n) is 5.63. The molecule has 19 heavy (non-hydrogen) atoms. The van der Waals surface area contributed by atoms with Crippen molar-refractivity contribution in [1.82, 2.24) is 4.90 Å². The molecule has 0 radical (unpaired) electrons. The number of rotatable bonds is 2. The van der Waals surface area contributed by atoms with Crippen molar-refractivity contribution < 1.29 is 4.79 Å². The lowest BCUT2D eigenvalue weighted by Gasteiger charge is -2.30. The van der Waals surface area contributed by atoms with Crippen molar-refractivity contribution in [2.45, 2.75) is 31.2 Å². The van der Waals surface area contributed by atoms with Gasteiger partial charge in [0.25, 0.3) is 0 Å². The first kappa shape index (κ1) is 12.9. The first-order valence-electron chi connectivity index (χ1n) is 6.95. The zero-order valence-electron chi connectivity index (χ0n) is 10.9. The molecule has 3 nitrogen and oxygen atoms in total. The molecule has 1 saturated heterocycles. The molecule has 0 aromatic heterocycles. The largest absolute Gasteiger partial charge is 0.342 e. The van der Waals surface area contributed by atoms with Gasteiger partial charge >= 0.3 is 0 Å². The third kappa shape index (κ3) is 2.63. The van der Waals surface area contributed by atoms with Crippen LogP contribution in [0.15, 0.2) is 24.3 Å². The summed E-state index contributed by atoms with van der Waals surface area (Å²) in [5.74, 6) is 0.739. The van der Waals surface area contributed by atoms with Crippen LogP contribution in [-0.4, -0.2) is 29.9 Å². The van der Waals surface area contributed by atoms with E-state index < -0.39 is 0 Å². The van der Waals surface area contributed by atoms with Crippen LogP contribution in [0.5, 0.6) is 0 Å². The minimum Gasteiger partial charge on any atom is -0.342 e. The highest BCUT2D eigenvalue weighted by molar-refractivity contribution is 6.31. The molecular weight excluding hydrogens is 260 g/mol. The Bertz CT molecular complexity index is 483. The Balaban J connectivity index is 1.63. The molecule has 1 heterocycles. The fraction of sp³-hybridized carbons (Fsp3) is 0.533. The summed E-state index contributed by atoms with van der Waals surface area (Å²) in [4.78, 5) is 14.4. The van der Waals surface area contributed by atoms with Crippen LogP contribution in [0.2, 0.25) is 5.02 Å². The van der Waals surface area contributed by atoms with Gasteiger partial charge in [0.2, 0.25) is 5.91 Å². The van der Waals surface area contributed by atoms with Crippen LogP contribution in [0.4, 0.5) is 0 Å². The number of carbonyl (C=O) groups is 1. The maximum absolute atomic E-state index is 12.4. The average Bonchev–Trinajstić information content (AvgIpc) is 3.19. The summed E-state index contributed by atoms with van der Waals surface area (Å²) in [6.45, 7) is 1.62. The van der Waals surface area contributed by atoms with Crippen molar-refractivity contribution in [3.63, 3.8) is 0 Å². The standard InChI is InChI=1S/C15H19ClN2O/c16-14-4-2-1-3-11(14)12-9-13(12)15(19)18-7-5-10(17)6-8-18/h1-4,10,12-13H,5-9,17H2. The molecule has 3 rings (SSSR count). The van der Waals surface area contributed by atoms with Crippen LogP contribution in [0.1, 0.15) is 30.7 Å². The van der Waals surface area contributed by atoms with Gasteiger partial charge in [-0.3, -0.25) is 4.79 Å². The molecule has 4 heteroatoms. The quantitative estimate of drug-likeness (QED) is 0.903. The van der Waals surface area contributed by atoms with Gasteiger partial charge in [0.05, 0.1) is 0 Å². The molecule has 1 aromatic carbocycles. The predicted octanol–water partition coefficient (Wildman–Crippen LogP) is 2.39. The molecule has 1 aliphatic heterocycles. The van der Waals surface area contributed by atoms with Crippen LogP contribution in [0.25, 0.3) is 0 Å². The molecule has 0 spiro atoms. The fourth-order valence-electron chi connectivity index (χ4n) is 2.94. The molecule has 0 bridgehead atoms. The van der Waals surface area contributed by atoms with Gasteiger partial charge in [0.1, 0.15) is 0 Å². The first-order valence-corrected chi connectivity index (χ1v) is 7.33. The number of hydrogen-bond donors (Lipinski definition) is 1. The van der Waals surface area contributed by atoms with E-state index in [4.69, 9.17) is 17.3 Å². The number of hydrogen-bond acceptors (Lipinski definition) is 2. The van der Waals surface area contributed by atoms with Crippen molar-refractivity contribution in [2.75, 3.05) is 13.1 Å². The Morgan fingerprint density at radius 3 is 2.63 bits per heavy atom. The van der Waals surface area contributed by atoms with Crippen LogP contribution < -0.4 is 5.73 Å². The second-order valence-corrected chi connectivity index (χ2v) is 6.04. The van der Waals surface area contributed by atoms with Gasteiger partial charge in [0.15, 0.2) is 0 Å². The number of likely N-dealkylation sites (tertiary alicyclic amines) is 1. The third-order valence-electron chi connectivity index (χ3n) is 4.26. The van der Waals surface area contributed by atoms with E-state index in [9.17, 15) is 4.79 Å². The van der Waals surface area contributed by atoms with Crippen molar-refractivity contribution >= 4 is 17.5 Å². The molecule has 2 atom stereocenters. The summed E-state index contributed by atoms with van der Waals surface area (Å²) < 4.78 is 0. The molecule has 1 amide bonds. The van der Waals surface area contributed by atoms with Crippen LogP contribution in [-0.2, 0) is 4.79 Å². The number of nitrogens with zero attached hydrogens (tertiary/aromatic N) is 1. The normalized spacial score (nSPS) is 27.4. The van der Waals surface area contributed by atoms with E-state index in [1.807, 2.05) is 29.2 Å². The molecule has 1 aromatic rings. The van der Waals surface area contributed by atoms with Crippen LogP contribution >= 0.6 is 11.6 Å².